The van der Waals surface area contributed by atoms with Crippen LogP contribution in [-0.4, -0.2) is 22.0 Å². The van der Waals surface area contributed by atoms with Crippen molar-refractivity contribution in [2.24, 2.45) is 0 Å². The number of nitrogens with zero attached hydrogens (tertiary/aromatic N) is 3. The van der Waals surface area contributed by atoms with Gasteiger partial charge in [0, 0.05) is 30.7 Å². The maximum absolute atomic E-state index is 4.31. The minimum Gasteiger partial charge on any atom is -0.316 e. The summed E-state index contributed by atoms with van der Waals surface area (Å²) in [5.74, 6) is 0.679. The predicted molar refractivity (Wildman–Crippen MR) is 62.8 cm³/mol. The maximum atomic E-state index is 4.31. The van der Waals surface area contributed by atoms with Gasteiger partial charge in [-0.1, -0.05) is 6.07 Å². The molecule has 4 heteroatoms. The van der Waals surface area contributed by atoms with E-state index in [1.807, 2.05) is 38.5 Å². The quantitative estimate of drug-likeness (QED) is 0.842. The second-order valence-electron chi connectivity index (χ2n) is 3.61. The topological polar surface area (TPSA) is 50.7 Å². The molecule has 2 rings (SSSR count). The molecule has 0 radical (unpaired) electrons. The van der Waals surface area contributed by atoms with Gasteiger partial charge < -0.3 is 5.32 Å². The van der Waals surface area contributed by atoms with Crippen LogP contribution in [0.5, 0.6) is 0 Å². The molecule has 0 aliphatic carbocycles. The number of aromatic nitrogens is 3. The first-order chi connectivity index (χ1) is 7.81. The molecule has 2 heterocycles. The summed E-state index contributed by atoms with van der Waals surface area (Å²) in [5, 5.41) is 3.06. The summed E-state index contributed by atoms with van der Waals surface area (Å²) in [4.78, 5) is 12.9. The molecular weight excluding hydrogens is 200 g/mol. The van der Waals surface area contributed by atoms with Crippen LogP contribution in [0.3, 0.4) is 0 Å². The molecular formula is C12H14N4. The van der Waals surface area contributed by atoms with E-state index in [1.165, 1.54) is 0 Å². The van der Waals surface area contributed by atoms with Crippen molar-refractivity contribution < 1.29 is 0 Å². The van der Waals surface area contributed by atoms with E-state index in [9.17, 15) is 0 Å². The fourth-order valence-electron chi connectivity index (χ4n) is 1.49. The van der Waals surface area contributed by atoms with E-state index in [1.54, 1.807) is 6.20 Å². The second-order valence-corrected chi connectivity index (χ2v) is 3.61. The average Bonchev–Trinajstić information content (AvgIpc) is 2.31. The van der Waals surface area contributed by atoms with Crippen LogP contribution in [0.15, 0.2) is 30.7 Å². The van der Waals surface area contributed by atoms with Crippen LogP contribution in [0.1, 0.15) is 11.1 Å². The molecule has 2 aromatic heterocycles. The molecule has 0 saturated heterocycles. The number of rotatable bonds is 3. The van der Waals surface area contributed by atoms with Crippen LogP contribution in [0, 0.1) is 6.92 Å². The van der Waals surface area contributed by atoms with Gasteiger partial charge in [-0.2, -0.15) is 0 Å². The Bertz CT molecular complexity index is 465. The third-order valence-corrected chi connectivity index (χ3v) is 2.31. The molecule has 1 N–H and O–H groups in total. The van der Waals surface area contributed by atoms with E-state index >= 15 is 0 Å². The fraction of sp³-hybridized carbons (Fsp3) is 0.250. The summed E-state index contributed by atoms with van der Waals surface area (Å²) in [6.07, 6.45) is 5.41. The molecule has 0 aromatic carbocycles. The van der Waals surface area contributed by atoms with Crippen molar-refractivity contribution in [2.75, 3.05) is 7.05 Å². The fourth-order valence-corrected chi connectivity index (χ4v) is 1.49. The highest BCUT2D eigenvalue weighted by Gasteiger charge is 2.05. The Morgan fingerprint density at radius 1 is 1.19 bits per heavy atom. The third kappa shape index (κ3) is 2.23. The van der Waals surface area contributed by atoms with Gasteiger partial charge in [0.15, 0.2) is 5.82 Å². The highest BCUT2D eigenvalue weighted by molar-refractivity contribution is 5.53. The molecule has 0 aliphatic rings. The van der Waals surface area contributed by atoms with Crippen LogP contribution in [0.2, 0.25) is 0 Å². The molecule has 0 fully saturated rings. The highest BCUT2D eigenvalue weighted by Crippen LogP contribution is 2.15. The van der Waals surface area contributed by atoms with Gasteiger partial charge in [0.25, 0.3) is 0 Å². The second kappa shape index (κ2) is 4.81. The molecule has 82 valence electrons. The van der Waals surface area contributed by atoms with Crippen molar-refractivity contribution in [3.05, 3.63) is 41.9 Å². The van der Waals surface area contributed by atoms with Crippen molar-refractivity contribution >= 4 is 0 Å². The highest BCUT2D eigenvalue weighted by atomic mass is 14.9. The van der Waals surface area contributed by atoms with Gasteiger partial charge >= 0.3 is 0 Å². The van der Waals surface area contributed by atoms with Crippen LogP contribution in [-0.2, 0) is 6.54 Å². The van der Waals surface area contributed by atoms with Gasteiger partial charge in [0.05, 0.1) is 0 Å². The number of nitrogens with one attached hydrogen (secondary N) is 1. The Morgan fingerprint density at radius 3 is 2.56 bits per heavy atom. The van der Waals surface area contributed by atoms with E-state index in [-0.39, 0.29) is 0 Å². The monoisotopic (exact) mass is 214 g/mol. The van der Waals surface area contributed by atoms with Gasteiger partial charge in [0.1, 0.15) is 5.69 Å². The average molecular weight is 214 g/mol. The van der Waals surface area contributed by atoms with Crippen molar-refractivity contribution in [1.82, 2.24) is 20.3 Å². The summed E-state index contributed by atoms with van der Waals surface area (Å²) >= 11 is 0. The lowest BCUT2D eigenvalue weighted by Crippen LogP contribution is -2.06. The third-order valence-electron chi connectivity index (χ3n) is 2.31. The zero-order valence-electron chi connectivity index (χ0n) is 9.44. The molecule has 2 aromatic rings. The summed E-state index contributed by atoms with van der Waals surface area (Å²) in [5.41, 5.74) is 3.00. The first-order valence-electron chi connectivity index (χ1n) is 5.19. The zero-order chi connectivity index (χ0) is 11.4. The van der Waals surface area contributed by atoms with Crippen LogP contribution in [0.4, 0.5) is 0 Å². The smallest absolute Gasteiger partial charge is 0.178 e. The number of aryl methyl sites for hydroxylation is 1. The molecule has 0 unspecified atom stereocenters. The van der Waals surface area contributed by atoms with Gasteiger partial charge in [0.2, 0.25) is 0 Å². The van der Waals surface area contributed by atoms with Gasteiger partial charge in [-0.3, -0.25) is 4.98 Å². The predicted octanol–water partition coefficient (Wildman–Crippen LogP) is 1.57. The molecule has 0 saturated carbocycles. The molecule has 0 spiro atoms. The standard InChI is InChI=1S/C12H14N4/c1-9-4-3-5-14-11(9)12-15-7-10(6-13-2)8-16-12/h3-5,7-8,13H,6H2,1-2H3. The van der Waals surface area contributed by atoms with Gasteiger partial charge in [-0.15, -0.1) is 0 Å². The lowest BCUT2D eigenvalue weighted by molar-refractivity contribution is 0.807. The zero-order valence-corrected chi connectivity index (χ0v) is 9.44. The molecule has 0 bridgehead atoms. The van der Waals surface area contributed by atoms with Crippen molar-refractivity contribution in [3.8, 4) is 11.5 Å². The Balaban J connectivity index is 2.31. The van der Waals surface area contributed by atoms with Crippen LogP contribution >= 0.6 is 0 Å². The minimum atomic E-state index is 0.679. The van der Waals surface area contributed by atoms with E-state index < -0.39 is 0 Å². The number of pyridine rings is 1. The summed E-state index contributed by atoms with van der Waals surface area (Å²) in [7, 11) is 1.90. The van der Waals surface area contributed by atoms with E-state index in [2.05, 4.69) is 20.3 Å². The lowest BCUT2D eigenvalue weighted by Gasteiger charge is -2.03. The first-order valence-corrected chi connectivity index (χ1v) is 5.19. The summed E-state index contributed by atoms with van der Waals surface area (Å²) in [6, 6.07) is 3.92. The van der Waals surface area contributed by atoms with E-state index in [0.717, 1.165) is 23.4 Å². The van der Waals surface area contributed by atoms with Crippen LogP contribution < -0.4 is 5.32 Å². The van der Waals surface area contributed by atoms with Gasteiger partial charge in [-0.05, 0) is 25.6 Å². The van der Waals surface area contributed by atoms with Crippen molar-refractivity contribution in [2.45, 2.75) is 13.5 Å². The summed E-state index contributed by atoms with van der Waals surface area (Å²) in [6.45, 7) is 2.79. The molecule has 0 atom stereocenters. The normalized spacial score (nSPS) is 10.4. The number of hydrogen-bond donors (Lipinski definition) is 1. The lowest BCUT2D eigenvalue weighted by atomic mass is 10.2. The Hall–Kier alpha value is -1.81. The minimum absolute atomic E-state index is 0.679. The Kier molecular flexibility index (Phi) is 3.22. The number of hydrogen-bond acceptors (Lipinski definition) is 4. The largest absolute Gasteiger partial charge is 0.316 e. The van der Waals surface area contributed by atoms with E-state index in [4.69, 9.17) is 0 Å². The maximum Gasteiger partial charge on any atom is 0.178 e. The van der Waals surface area contributed by atoms with Crippen molar-refractivity contribution in [3.63, 3.8) is 0 Å². The first kappa shape index (κ1) is 10.7. The molecule has 4 nitrogen and oxygen atoms in total. The van der Waals surface area contributed by atoms with E-state index in [0.29, 0.717) is 5.82 Å². The molecule has 0 amide bonds. The van der Waals surface area contributed by atoms with Gasteiger partial charge in [-0.25, -0.2) is 9.97 Å². The van der Waals surface area contributed by atoms with Crippen LogP contribution in [0.25, 0.3) is 11.5 Å². The Labute approximate surface area is 94.8 Å². The molecule has 0 aliphatic heterocycles. The molecule has 16 heavy (non-hydrogen) atoms. The van der Waals surface area contributed by atoms with Crippen molar-refractivity contribution in [1.29, 1.82) is 0 Å². The summed E-state index contributed by atoms with van der Waals surface area (Å²) < 4.78 is 0. The SMILES string of the molecule is CNCc1cnc(-c2ncccc2C)nc1. The Morgan fingerprint density at radius 2 is 1.94 bits per heavy atom.